The third-order valence-corrected chi connectivity index (χ3v) is 5.70. The largest absolute Gasteiger partial charge is 0.459 e. The number of benzene rings is 1. The van der Waals surface area contributed by atoms with Crippen LogP contribution in [0.3, 0.4) is 0 Å². The molecule has 1 aromatic rings. The molecule has 0 saturated heterocycles. The highest BCUT2D eigenvalue weighted by atomic mass is 16.6. The quantitative estimate of drug-likeness (QED) is 0.265. The van der Waals surface area contributed by atoms with Crippen LogP contribution in [0.4, 0.5) is 0 Å². The second-order valence-electron chi connectivity index (χ2n) is 7.90. The lowest BCUT2D eigenvalue weighted by molar-refractivity contribution is -0.433. The molecule has 0 aromatic heterocycles. The van der Waals surface area contributed by atoms with Gasteiger partial charge in [0.2, 0.25) is 0 Å². The number of allylic oxidation sites excluding steroid dienone is 2. The summed E-state index contributed by atoms with van der Waals surface area (Å²) >= 11 is 0. The summed E-state index contributed by atoms with van der Waals surface area (Å²) in [4.78, 5) is 24.4. The molecule has 1 aromatic carbocycles. The topological polar surface area (TPSA) is 78.7 Å². The molecule has 6 nitrogen and oxygen atoms in total. The fourth-order valence-electron chi connectivity index (χ4n) is 4.19. The van der Waals surface area contributed by atoms with E-state index in [0.29, 0.717) is 56.0 Å². The molecule has 0 saturated carbocycles. The molecule has 0 bridgehead atoms. The SMILES string of the molecule is CCCCCCCOCCC1=C([N+](=O)[O-])[C@H](c2ccccc2)C2=C(CCCC2=O)O1. The molecule has 1 aliphatic heterocycles. The number of carbonyl (C=O) groups is 1. The highest BCUT2D eigenvalue weighted by Crippen LogP contribution is 2.45. The standard InChI is InChI=1S/C24H31NO5/c1-2-3-4-5-9-16-29-17-15-21-24(25(27)28)22(18-11-7-6-8-12-18)23-19(26)13-10-14-20(23)30-21/h6-8,11-12,22H,2-5,9-10,13-17H2,1H3/t22-/m1/s1. The van der Waals surface area contributed by atoms with Crippen molar-refractivity contribution in [3.05, 3.63) is 68.8 Å². The molecule has 3 rings (SSSR count). The predicted molar refractivity (Wildman–Crippen MR) is 114 cm³/mol. The van der Waals surface area contributed by atoms with Crippen molar-refractivity contribution in [1.29, 1.82) is 0 Å². The van der Waals surface area contributed by atoms with E-state index in [1.807, 2.05) is 30.3 Å². The zero-order valence-corrected chi connectivity index (χ0v) is 17.7. The summed E-state index contributed by atoms with van der Waals surface area (Å²) in [7, 11) is 0. The van der Waals surface area contributed by atoms with Gasteiger partial charge in [-0.15, -0.1) is 0 Å². The Kier molecular flexibility index (Phi) is 8.20. The van der Waals surface area contributed by atoms with Crippen LogP contribution in [0.15, 0.2) is 53.1 Å². The van der Waals surface area contributed by atoms with Crippen LogP contribution in [-0.4, -0.2) is 23.9 Å². The Balaban J connectivity index is 1.76. The highest BCUT2D eigenvalue weighted by Gasteiger charge is 2.44. The number of ketones is 1. The van der Waals surface area contributed by atoms with Gasteiger partial charge < -0.3 is 9.47 Å². The van der Waals surface area contributed by atoms with Crippen LogP contribution in [0.25, 0.3) is 0 Å². The molecule has 2 aliphatic rings. The Morgan fingerprint density at radius 1 is 1.10 bits per heavy atom. The number of unbranched alkanes of at least 4 members (excludes halogenated alkanes) is 4. The molecule has 1 aliphatic carbocycles. The van der Waals surface area contributed by atoms with Crippen molar-refractivity contribution in [1.82, 2.24) is 0 Å². The Morgan fingerprint density at radius 2 is 1.87 bits per heavy atom. The fourth-order valence-corrected chi connectivity index (χ4v) is 4.19. The van der Waals surface area contributed by atoms with Crippen molar-refractivity contribution in [2.24, 2.45) is 0 Å². The monoisotopic (exact) mass is 413 g/mol. The third kappa shape index (κ3) is 5.36. The maximum atomic E-state index is 12.7. The smallest absolute Gasteiger partial charge is 0.296 e. The van der Waals surface area contributed by atoms with Crippen LogP contribution in [-0.2, 0) is 14.3 Å². The second-order valence-corrected chi connectivity index (χ2v) is 7.90. The maximum Gasteiger partial charge on any atom is 0.296 e. The predicted octanol–water partition coefficient (Wildman–Crippen LogP) is 5.67. The first kappa shape index (κ1) is 22.2. The number of rotatable bonds is 11. The van der Waals surface area contributed by atoms with E-state index in [0.717, 1.165) is 18.4 Å². The molecule has 162 valence electrons. The Labute approximate surface area is 178 Å². The van der Waals surface area contributed by atoms with Crippen molar-refractivity contribution >= 4 is 5.78 Å². The van der Waals surface area contributed by atoms with E-state index in [2.05, 4.69) is 6.92 Å². The van der Waals surface area contributed by atoms with Gasteiger partial charge in [-0.25, -0.2) is 0 Å². The molecule has 0 spiro atoms. The molecular formula is C24H31NO5. The maximum absolute atomic E-state index is 12.7. The Hall–Kier alpha value is -2.47. The van der Waals surface area contributed by atoms with Crippen molar-refractivity contribution in [3.63, 3.8) is 0 Å². The van der Waals surface area contributed by atoms with E-state index in [4.69, 9.17) is 9.47 Å². The Bertz CT molecular complexity index is 812. The van der Waals surface area contributed by atoms with Gasteiger partial charge in [0.15, 0.2) is 11.5 Å². The minimum atomic E-state index is -0.679. The van der Waals surface area contributed by atoms with E-state index in [1.54, 1.807) is 0 Å². The molecule has 0 amide bonds. The van der Waals surface area contributed by atoms with Gasteiger partial charge in [0.25, 0.3) is 5.70 Å². The number of hydrogen-bond donors (Lipinski definition) is 0. The summed E-state index contributed by atoms with van der Waals surface area (Å²) in [6.45, 7) is 3.21. The molecule has 0 radical (unpaired) electrons. The minimum Gasteiger partial charge on any atom is -0.459 e. The van der Waals surface area contributed by atoms with Gasteiger partial charge in [0.05, 0.1) is 17.1 Å². The van der Waals surface area contributed by atoms with Gasteiger partial charge in [-0.05, 0) is 18.4 Å². The first-order chi connectivity index (χ1) is 14.6. The normalized spacial score (nSPS) is 19.0. The summed E-state index contributed by atoms with van der Waals surface area (Å²) in [5.74, 6) is 0.196. The van der Waals surface area contributed by atoms with Crippen LogP contribution in [0.5, 0.6) is 0 Å². The molecule has 1 atom stereocenters. The number of ether oxygens (including phenoxy) is 2. The van der Waals surface area contributed by atoms with Crippen LogP contribution < -0.4 is 0 Å². The first-order valence-corrected chi connectivity index (χ1v) is 11.1. The van der Waals surface area contributed by atoms with Crippen LogP contribution >= 0.6 is 0 Å². The third-order valence-electron chi connectivity index (χ3n) is 5.70. The number of Topliss-reactive ketones (excluding diaryl/α,β-unsaturated/α-hetero) is 1. The molecule has 1 heterocycles. The zero-order chi connectivity index (χ0) is 21.3. The summed E-state index contributed by atoms with van der Waals surface area (Å²) in [6.07, 6.45) is 7.89. The second kappa shape index (κ2) is 11.1. The molecule has 0 fully saturated rings. The van der Waals surface area contributed by atoms with E-state index >= 15 is 0 Å². The fraction of sp³-hybridized carbons (Fsp3) is 0.542. The average molecular weight is 414 g/mol. The minimum absolute atomic E-state index is 0.0262. The molecule has 6 heteroatoms. The van der Waals surface area contributed by atoms with Gasteiger partial charge in [0, 0.05) is 25.9 Å². The number of carbonyl (C=O) groups excluding carboxylic acids is 1. The lowest BCUT2D eigenvalue weighted by Crippen LogP contribution is -2.28. The van der Waals surface area contributed by atoms with E-state index < -0.39 is 5.92 Å². The van der Waals surface area contributed by atoms with Crippen molar-refractivity contribution in [3.8, 4) is 0 Å². The summed E-state index contributed by atoms with van der Waals surface area (Å²) < 4.78 is 11.7. The number of nitrogens with zero attached hydrogens (tertiary/aromatic N) is 1. The van der Waals surface area contributed by atoms with Crippen LogP contribution in [0, 0.1) is 10.1 Å². The van der Waals surface area contributed by atoms with Gasteiger partial charge in [-0.1, -0.05) is 62.9 Å². The van der Waals surface area contributed by atoms with Gasteiger partial charge in [-0.3, -0.25) is 14.9 Å². The van der Waals surface area contributed by atoms with Gasteiger partial charge in [-0.2, -0.15) is 0 Å². The average Bonchev–Trinajstić information content (AvgIpc) is 2.75. The van der Waals surface area contributed by atoms with E-state index in [-0.39, 0.29) is 16.4 Å². The van der Waals surface area contributed by atoms with E-state index in [1.165, 1.54) is 19.3 Å². The lowest BCUT2D eigenvalue weighted by Gasteiger charge is -2.30. The molecule has 0 unspecified atom stereocenters. The summed E-state index contributed by atoms with van der Waals surface area (Å²) in [5, 5.41) is 12.1. The number of hydrogen-bond acceptors (Lipinski definition) is 5. The number of nitro groups is 1. The summed E-state index contributed by atoms with van der Waals surface area (Å²) in [6, 6.07) is 9.24. The van der Waals surface area contributed by atoms with Crippen molar-refractivity contribution in [2.45, 2.75) is 70.6 Å². The molecule has 0 N–H and O–H groups in total. The zero-order valence-electron chi connectivity index (χ0n) is 17.7. The van der Waals surface area contributed by atoms with Crippen LogP contribution in [0.1, 0.15) is 76.2 Å². The first-order valence-electron chi connectivity index (χ1n) is 11.1. The Morgan fingerprint density at radius 3 is 2.60 bits per heavy atom. The highest BCUT2D eigenvalue weighted by molar-refractivity contribution is 5.99. The summed E-state index contributed by atoms with van der Waals surface area (Å²) in [5.41, 5.74) is 1.19. The molecule has 30 heavy (non-hydrogen) atoms. The van der Waals surface area contributed by atoms with Crippen molar-refractivity contribution < 1.29 is 19.2 Å². The van der Waals surface area contributed by atoms with Gasteiger partial charge >= 0.3 is 0 Å². The van der Waals surface area contributed by atoms with Gasteiger partial charge in [0.1, 0.15) is 11.7 Å². The van der Waals surface area contributed by atoms with Crippen molar-refractivity contribution in [2.75, 3.05) is 13.2 Å². The van der Waals surface area contributed by atoms with E-state index in [9.17, 15) is 14.9 Å². The lowest BCUT2D eigenvalue weighted by atomic mass is 9.79. The van der Waals surface area contributed by atoms with Crippen LogP contribution in [0.2, 0.25) is 0 Å². The molecular weight excluding hydrogens is 382 g/mol.